The number of rotatable bonds is 1. The van der Waals surface area contributed by atoms with E-state index < -0.39 is 0 Å². The minimum absolute atomic E-state index is 0.202. The van der Waals surface area contributed by atoms with Gasteiger partial charge in [-0.15, -0.1) is 0 Å². The molecule has 0 aliphatic rings. The highest BCUT2D eigenvalue weighted by molar-refractivity contribution is 6.33. The second-order valence-electron chi connectivity index (χ2n) is 0.789. The van der Waals surface area contributed by atoms with Gasteiger partial charge in [0.05, 0.1) is 0 Å². The van der Waals surface area contributed by atoms with Crippen molar-refractivity contribution in [3.63, 3.8) is 0 Å². The molecular formula is C2H9NSi. The summed E-state index contributed by atoms with van der Waals surface area (Å²) in [6.45, 7) is 2.19. The van der Waals surface area contributed by atoms with Crippen molar-refractivity contribution in [1.82, 2.24) is 0 Å². The second-order valence-corrected chi connectivity index (χ2v) is 2.37. The number of hydrogen-bond acceptors (Lipinski definition) is 1. The van der Waals surface area contributed by atoms with Crippen LogP contribution in [0.4, 0.5) is 0 Å². The van der Waals surface area contributed by atoms with E-state index in [1.54, 1.807) is 0 Å². The van der Waals surface area contributed by atoms with Crippen LogP contribution >= 0.6 is 0 Å². The van der Waals surface area contributed by atoms with Crippen molar-refractivity contribution < 1.29 is 0 Å². The van der Waals surface area contributed by atoms with Crippen LogP contribution in [0.5, 0.6) is 0 Å². The summed E-state index contributed by atoms with van der Waals surface area (Å²) < 4.78 is 0. The van der Waals surface area contributed by atoms with Gasteiger partial charge < -0.3 is 5.73 Å². The van der Waals surface area contributed by atoms with Crippen molar-refractivity contribution >= 4 is 9.52 Å². The SMILES string of the molecule is C[SiH2]CN. The zero-order chi connectivity index (χ0) is 3.41. The summed E-state index contributed by atoms with van der Waals surface area (Å²) >= 11 is 0. The Bertz CT molecular complexity index is 8.00. The van der Waals surface area contributed by atoms with Gasteiger partial charge in [-0.2, -0.15) is 0 Å². The molecule has 1 nitrogen and oxygen atoms in total. The third kappa shape index (κ3) is 2.18. The van der Waals surface area contributed by atoms with Crippen molar-refractivity contribution in [2.75, 3.05) is 6.17 Å². The van der Waals surface area contributed by atoms with Crippen LogP contribution in [-0.4, -0.2) is 15.7 Å². The van der Waals surface area contributed by atoms with Gasteiger partial charge in [-0.3, -0.25) is 0 Å². The maximum Gasteiger partial charge on any atom is 0.0331 e. The molecule has 0 fully saturated rings. The van der Waals surface area contributed by atoms with Crippen LogP contribution < -0.4 is 5.73 Å². The smallest absolute Gasteiger partial charge is 0.0331 e. The lowest BCUT2D eigenvalue weighted by Gasteiger charge is -1.68. The van der Waals surface area contributed by atoms with E-state index >= 15 is 0 Å². The van der Waals surface area contributed by atoms with Crippen LogP contribution in [0.3, 0.4) is 0 Å². The molecule has 0 aromatic carbocycles. The Morgan fingerprint density at radius 1 is 2.00 bits per heavy atom. The Kier molecular flexibility index (Phi) is 3.32. The van der Waals surface area contributed by atoms with Crippen molar-refractivity contribution in [3.05, 3.63) is 0 Å². The van der Waals surface area contributed by atoms with E-state index in [0.717, 1.165) is 6.17 Å². The van der Waals surface area contributed by atoms with Crippen LogP contribution in [0.25, 0.3) is 0 Å². The normalized spacial score (nSPS) is 10.5. The van der Waals surface area contributed by atoms with Gasteiger partial charge in [0.15, 0.2) is 0 Å². The lowest BCUT2D eigenvalue weighted by molar-refractivity contribution is 1.36. The first kappa shape index (κ1) is 4.18. The molecule has 0 aliphatic heterocycles. The van der Waals surface area contributed by atoms with Crippen LogP contribution in [0.2, 0.25) is 6.55 Å². The molecule has 0 rings (SSSR count). The molecule has 0 saturated carbocycles. The maximum atomic E-state index is 5.09. The fourth-order valence-electron chi connectivity index (χ4n) is 0. The van der Waals surface area contributed by atoms with E-state index in [4.69, 9.17) is 5.73 Å². The predicted octanol–water partition coefficient (Wildman–Crippen LogP) is -0.881. The summed E-state index contributed by atoms with van der Waals surface area (Å²) in [6, 6.07) is 0. The number of hydrogen-bond donors (Lipinski definition) is 1. The van der Waals surface area contributed by atoms with E-state index in [1.165, 1.54) is 0 Å². The quantitative estimate of drug-likeness (QED) is 0.402. The highest BCUT2D eigenvalue weighted by Gasteiger charge is 1.58. The molecule has 0 unspecified atom stereocenters. The van der Waals surface area contributed by atoms with Gasteiger partial charge in [0, 0.05) is 9.52 Å². The van der Waals surface area contributed by atoms with Crippen LogP contribution in [-0.2, 0) is 0 Å². The predicted molar refractivity (Wildman–Crippen MR) is 23.5 cm³/mol. The van der Waals surface area contributed by atoms with E-state index in [2.05, 4.69) is 6.55 Å². The zero-order valence-electron chi connectivity index (χ0n) is 2.99. The molecule has 0 aromatic heterocycles. The molecule has 0 aromatic rings. The molecule has 26 valence electrons. The molecule has 0 saturated heterocycles. The largest absolute Gasteiger partial charge is 0.334 e. The average Bonchev–Trinajstić information content (AvgIpc) is 1.37. The molecule has 0 aliphatic carbocycles. The van der Waals surface area contributed by atoms with E-state index in [9.17, 15) is 0 Å². The summed E-state index contributed by atoms with van der Waals surface area (Å²) in [6.07, 6.45) is 0.958. The van der Waals surface area contributed by atoms with Gasteiger partial charge in [-0.25, -0.2) is 0 Å². The monoisotopic (exact) mass is 75.1 g/mol. The summed E-state index contributed by atoms with van der Waals surface area (Å²) in [7, 11) is 0.202. The third-order valence-corrected chi connectivity index (χ3v) is 0.866. The van der Waals surface area contributed by atoms with Gasteiger partial charge in [-0.1, -0.05) is 6.55 Å². The van der Waals surface area contributed by atoms with Crippen molar-refractivity contribution in [3.8, 4) is 0 Å². The minimum atomic E-state index is 0.202. The third-order valence-electron chi connectivity index (χ3n) is 0.289. The van der Waals surface area contributed by atoms with E-state index in [-0.39, 0.29) is 9.52 Å². The van der Waals surface area contributed by atoms with Crippen LogP contribution in [0, 0.1) is 0 Å². The van der Waals surface area contributed by atoms with Crippen molar-refractivity contribution in [2.24, 2.45) is 5.73 Å². The van der Waals surface area contributed by atoms with Crippen molar-refractivity contribution in [1.29, 1.82) is 0 Å². The lowest BCUT2D eigenvalue weighted by atomic mass is 11.5. The Morgan fingerprint density at radius 3 is 2.25 bits per heavy atom. The molecule has 0 amide bonds. The van der Waals surface area contributed by atoms with Gasteiger partial charge in [0.2, 0.25) is 0 Å². The maximum absolute atomic E-state index is 5.09. The van der Waals surface area contributed by atoms with E-state index in [0.29, 0.717) is 0 Å². The molecule has 2 N–H and O–H groups in total. The molecule has 0 spiro atoms. The fourth-order valence-corrected chi connectivity index (χ4v) is 0. The topological polar surface area (TPSA) is 26.0 Å². The van der Waals surface area contributed by atoms with Gasteiger partial charge in [0.1, 0.15) is 0 Å². The Balaban J connectivity index is 1.97. The molecule has 0 heterocycles. The molecule has 0 atom stereocenters. The molecule has 2 heteroatoms. The first-order chi connectivity index (χ1) is 1.91. The Hall–Kier alpha value is 0.177. The first-order valence-corrected chi connectivity index (χ1v) is 4.03. The second kappa shape index (κ2) is 3.18. The highest BCUT2D eigenvalue weighted by Crippen LogP contribution is 1.36. The Morgan fingerprint density at radius 2 is 2.25 bits per heavy atom. The van der Waals surface area contributed by atoms with Crippen molar-refractivity contribution in [2.45, 2.75) is 6.55 Å². The summed E-state index contributed by atoms with van der Waals surface area (Å²) in [5.41, 5.74) is 5.09. The molecule has 4 heavy (non-hydrogen) atoms. The molecular weight excluding hydrogens is 66.1 g/mol. The fraction of sp³-hybridized carbons (Fsp3) is 1.00. The minimum Gasteiger partial charge on any atom is -0.334 e. The average molecular weight is 75.2 g/mol. The van der Waals surface area contributed by atoms with Gasteiger partial charge in [-0.05, 0) is 6.17 Å². The standard InChI is InChI=1S/C2H9NSi/c1-4-2-3/h2-4H2,1H3. The van der Waals surface area contributed by atoms with Crippen LogP contribution in [0.1, 0.15) is 0 Å². The van der Waals surface area contributed by atoms with Gasteiger partial charge >= 0.3 is 0 Å². The first-order valence-electron chi connectivity index (χ1n) is 1.62. The zero-order valence-corrected chi connectivity index (χ0v) is 4.41. The molecule has 0 radical (unpaired) electrons. The summed E-state index contributed by atoms with van der Waals surface area (Å²) in [5, 5.41) is 0. The highest BCUT2D eigenvalue weighted by atomic mass is 28.2. The van der Waals surface area contributed by atoms with Crippen LogP contribution in [0.15, 0.2) is 0 Å². The summed E-state index contributed by atoms with van der Waals surface area (Å²) in [5.74, 6) is 0. The van der Waals surface area contributed by atoms with E-state index in [1.807, 2.05) is 0 Å². The molecule has 0 bridgehead atoms. The summed E-state index contributed by atoms with van der Waals surface area (Å²) in [4.78, 5) is 0. The Labute approximate surface area is 29.0 Å². The lowest BCUT2D eigenvalue weighted by Crippen LogP contribution is -2.03. The van der Waals surface area contributed by atoms with Gasteiger partial charge in [0.25, 0.3) is 0 Å². The number of nitrogens with two attached hydrogens (primary N) is 1.